The van der Waals surface area contributed by atoms with E-state index in [2.05, 4.69) is 15.6 Å². The van der Waals surface area contributed by atoms with Gasteiger partial charge in [-0.2, -0.15) is 0 Å². The number of anilines is 1. The zero-order valence-electron chi connectivity index (χ0n) is 10.7. The lowest BCUT2D eigenvalue weighted by Gasteiger charge is -2.07. The summed E-state index contributed by atoms with van der Waals surface area (Å²) in [5.41, 5.74) is 11.0. The lowest BCUT2D eigenvalue weighted by molar-refractivity contribution is 0.0949. The lowest BCUT2D eigenvalue weighted by atomic mass is 10.1. The van der Waals surface area contributed by atoms with Gasteiger partial charge in [0, 0.05) is 18.5 Å². The van der Waals surface area contributed by atoms with Gasteiger partial charge in [0.05, 0.1) is 0 Å². The third-order valence-electron chi connectivity index (χ3n) is 2.71. The molecule has 1 aromatic carbocycles. The van der Waals surface area contributed by atoms with Crippen molar-refractivity contribution in [1.29, 1.82) is 0 Å². The topological polar surface area (TPSA) is 123 Å². The molecular weight excluding hydrogens is 258 g/mol. The van der Waals surface area contributed by atoms with E-state index in [0.717, 1.165) is 10.8 Å². The number of benzene rings is 1. The SMILES string of the molecule is NC(=O)NCCNC(=O)c1cc2ccccc2c(N)n1. The number of nitrogens with two attached hydrogens (primary N) is 2. The third kappa shape index (κ3) is 3.14. The molecule has 0 aliphatic carbocycles. The van der Waals surface area contributed by atoms with Crippen molar-refractivity contribution in [3.63, 3.8) is 0 Å². The number of carbonyl (C=O) groups is 2. The zero-order valence-corrected chi connectivity index (χ0v) is 10.7. The Balaban J connectivity index is 2.08. The van der Waals surface area contributed by atoms with Crippen LogP contribution in [-0.2, 0) is 0 Å². The molecular formula is C13H15N5O2. The smallest absolute Gasteiger partial charge is 0.312 e. The molecule has 6 N–H and O–H groups in total. The summed E-state index contributed by atoms with van der Waals surface area (Å²) < 4.78 is 0. The highest BCUT2D eigenvalue weighted by atomic mass is 16.2. The molecule has 0 aliphatic heterocycles. The lowest BCUT2D eigenvalue weighted by Crippen LogP contribution is -2.37. The van der Waals surface area contributed by atoms with Crippen LogP contribution in [0.4, 0.5) is 10.6 Å². The average Bonchev–Trinajstić information content (AvgIpc) is 2.43. The second kappa shape index (κ2) is 5.87. The van der Waals surface area contributed by atoms with Crippen molar-refractivity contribution >= 4 is 28.5 Å². The first-order chi connectivity index (χ1) is 9.58. The Morgan fingerprint density at radius 3 is 2.60 bits per heavy atom. The van der Waals surface area contributed by atoms with Gasteiger partial charge in [0.15, 0.2) is 0 Å². The van der Waals surface area contributed by atoms with Gasteiger partial charge in [-0.15, -0.1) is 0 Å². The molecule has 0 radical (unpaired) electrons. The number of hydrogen-bond donors (Lipinski definition) is 4. The monoisotopic (exact) mass is 273 g/mol. The average molecular weight is 273 g/mol. The quantitative estimate of drug-likeness (QED) is 0.595. The maximum atomic E-state index is 11.9. The molecule has 3 amide bonds. The number of rotatable bonds is 4. The Kier molecular flexibility index (Phi) is 3.99. The number of carbonyl (C=O) groups excluding carboxylic acids is 2. The first-order valence-electron chi connectivity index (χ1n) is 6.04. The van der Waals surface area contributed by atoms with Crippen molar-refractivity contribution in [2.24, 2.45) is 5.73 Å². The Labute approximate surface area is 115 Å². The normalized spacial score (nSPS) is 10.2. The van der Waals surface area contributed by atoms with Crippen LogP contribution in [0.3, 0.4) is 0 Å². The van der Waals surface area contributed by atoms with Gasteiger partial charge < -0.3 is 22.1 Å². The summed E-state index contributed by atoms with van der Waals surface area (Å²) in [6.45, 7) is 0.514. The molecule has 0 saturated carbocycles. The van der Waals surface area contributed by atoms with E-state index in [1.54, 1.807) is 6.07 Å². The fraction of sp³-hybridized carbons (Fsp3) is 0.154. The highest BCUT2D eigenvalue weighted by Crippen LogP contribution is 2.19. The molecule has 7 nitrogen and oxygen atoms in total. The van der Waals surface area contributed by atoms with Gasteiger partial charge in [0.2, 0.25) is 0 Å². The van der Waals surface area contributed by atoms with Crippen molar-refractivity contribution < 1.29 is 9.59 Å². The number of amides is 3. The number of pyridine rings is 1. The molecule has 0 bridgehead atoms. The van der Waals surface area contributed by atoms with E-state index in [-0.39, 0.29) is 24.7 Å². The van der Waals surface area contributed by atoms with Crippen LogP contribution in [0.25, 0.3) is 10.8 Å². The van der Waals surface area contributed by atoms with Gasteiger partial charge in [0.1, 0.15) is 11.5 Å². The Morgan fingerprint density at radius 1 is 1.15 bits per heavy atom. The predicted molar refractivity (Wildman–Crippen MR) is 76.1 cm³/mol. The number of hydrogen-bond acceptors (Lipinski definition) is 4. The minimum absolute atomic E-state index is 0.236. The van der Waals surface area contributed by atoms with Crippen LogP contribution in [0.15, 0.2) is 30.3 Å². The number of urea groups is 1. The van der Waals surface area contributed by atoms with Crippen LogP contribution in [0.5, 0.6) is 0 Å². The molecule has 7 heteroatoms. The molecule has 0 atom stereocenters. The summed E-state index contributed by atoms with van der Waals surface area (Å²) in [5, 5.41) is 6.64. The number of fused-ring (bicyclic) bond motifs is 1. The van der Waals surface area contributed by atoms with E-state index in [1.807, 2.05) is 24.3 Å². The summed E-state index contributed by atoms with van der Waals surface area (Å²) in [7, 11) is 0. The molecule has 0 spiro atoms. The number of aromatic nitrogens is 1. The minimum Gasteiger partial charge on any atom is -0.383 e. The molecule has 2 rings (SSSR count). The first-order valence-corrected chi connectivity index (χ1v) is 6.04. The van der Waals surface area contributed by atoms with Crippen molar-refractivity contribution in [3.05, 3.63) is 36.0 Å². The summed E-state index contributed by atoms with van der Waals surface area (Å²) in [6.07, 6.45) is 0. The van der Waals surface area contributed by atoms with Gasteiger partial charge in [0.25, 0.3) is 5.91 Å². The second-order valence-electron chi connectivity index (χ2n) is 4.16. The molecule has 0 fully saturated rings. The summed E-state index contributed by atoms with van der Waals surface area (Å²) in [5.74, 6) is -0.0442. The summed E-state index contributed by atoms with van der Waals surface area (Å²) >= 11 is 0. The molecule has 0 saturated heterocycles. The predicted octanol–water partition coefficient (Wildman–Crippen LogP) is 0.215. The summed E-state index contributed by atoms with van der Waals surface area (Å²) in [4.78, 5) is 26.5. The maximum Gasteiger partial charge on any atom is 0.312 e. The first kappa shape index (κ1) is 13.6. The summed E-state index contributed by atoms with van der Waals surface area (Å²) in [6, 6.07) is 8.46. The molecule has 2 aromatic rings. The van der Waals surface area contributed by atoms with Gasteiger partial charge in [-0.05, 0) is 11.5 Å². The standard InChI is InChI=1S/C13H15N5O2/c14-11-9-4-2-1-3-8(9)7-10(18-11)12(19)16-5-6-17-13(15)20/h1-4,7H,5-6H2,(H2,14,18)(H,16,19)(H3,15,17,20). The van der Waals surface area contributed by atoms with E-state index in [1.165, 1.54) is 0 Å². The molecule has 0 unspecified atom stereocenters. The Hall–Kier alpha value is -2.83. The van der Waals surface area contributed by atoms with Crippen molar-refractivity contribution in [2.45, 2.75) is 0 Å². The van der Waals surface area contributed by atoms with Crippen LogP contribution in [0, 0.1) is 0 Å². The van der Waals surface area contributed by atoms with E-state index in [9.17, 15) is 9.59 Å². The largest absolute Gasteiger partial charge is 0.383 e. The second-order valence-corrected chi connectivity index (χ2v) is 4.16. The van der Waals surface area contributed by atoms with Crippen LogP contribution in [0.2, 0.25) is 0 Å². The van der Waals surface area contributed by atoms with Crippen LogP contribution in [0.1, 0.15) is 10.5 Å². The van der Waals surface area contributed by atoms with Gasteiger partial charge in [-0.25, -0.2) is 9.78 Å². The van der Waals surface area contributed by atoms with Crippen LogP contribution < -0.4 is 22.1 Å². The number of primary amides is 1. The van der Waals surface area contributed by atoms with E-state index in [0.29, 0.717) is 5.82 Å². The fourth-order valence-electron chi connectivity index (χ4n) is 1.79. The molecule has 104 valence electrons. The fourth-order valence-corrected chi connectivity index (χ4v) is 1.79. The van der Waals surface area contributed by atoms with E-state index in [4.69, 9.17) is 11.5 Å². The van der Waals surface area contributed by atoms with Crippen LogP contribution in [-0.4, -0.2) is 30.0 Å². The molecule has 20 heavy (non-hydrogen) atoms. The van der Waals surface area contributed by atoms with E-state index >= 15 is 0 Å². The third-order valence-corrected chi connectivity index (χ3v) is 2.71. The van der Waals surface area contributed by atoms with Crippen molar-refractivity contribution in [1.82, 2.24) is 15.6 Å². The molecule has 1 heterocycles. The number of nitrogens with zero attached hydrogens (tertiary/aromatic N) is 1. The molecule has 1 aromatic heterocycles. The zero-order chi connectivity index (χ0) is 14.5. The van der Waals surface area contributed by atoms with Crippen LogP contribution >= 0.6 is 0 Å². The van der Waals surface area contributed by atoms with Crippen molar-refractivity contribution in [2.75, 3.05) is 18.8 Å². The Morgan fingerprint density at radius 2 is 1.85 bits per heavy atom. The van der Waals surface area contributed by atoms with Gasteiger partial charge in [-0.3, -0.25) is 4.79 Å². The number of nitrogens with one attached hydrogen (secondary N) is 2. The maximum absolute atomic E-state index is 11.9. The Bertz CT molecular complexity index is 656. The van der Waals surface area contributed by atoms with E-state index < -0.39 is 6.03 Å². The van der Waals surface area contributed by atoms with Gasteiger partial charge in [-0.1, -0.05) is 24.3 Å². The highest BCUT2D eigenvalue weighted by molar-refractivity contribution is 5.99. The minimum atomic E-state index is -0.632. The van der Waals surface area contributed by atoms with Gasteiger partial charge >= 0.3 is 6.03 Å². The highest BCUT2D eigenvalue weighted by Gasteiger charge is 2.10. The van der Waals surface area contributed by atoms with Crippen molar-refractivity contribution in [3.8, 4) is 0 Å². The number of nitrogen functional groups attached to an aromatic ring is 1. The molecule has 0 aliphatic rings.